The van der Waals surface area contributed by atoms with Crippen LogP contribution in [0.15, 0.2) is 0 Å². The predicted molar refractivity (Wildman–Crippen MR) is 11.9 cm³/mol. The maximum atomic E-state index is 7.26. The van der Waals surface area contributed by atoms with Crippen LogP contribution in [0.4, 0.5) is 0 Å². The molecule has 0 aliphatic carbocycles. The van der Waals surface area contributed by atoms with Crippen LogP contribution in [0.2, 0.25) is 0 Å². The third-order valence-electron chi connectivity index (χ3n) is 0.0500. The molecule has 0 bridgehead atoms. The molecule has 0 saturated carbocycles. The fourth-order valence-electron chi connectivity index (χ4n) is 0. The quantitative estimate of drug-likeness (QED) is 0.319. The standard InChI is InChI=1S/C2N2.2K.O/c3-1-2-4;;;/q;2*+1;-2. The van der Waals surface area contributed by atoms with Gasteiger partial charge in [-0.05, 0) is 0 Å². The van der Waals surface area contributed by atoms with Crippen molar-refractivity contribution in [2.75, 3.05) is 0 Å². The van der Waals surface area contributed by atoms with Crippen molar-refractivity contribution in [2.24, 2.45) is 0 Å². The van der Waals surface area contributed by atoms with Gasteiger partial charge in [0, 0.05) is 0 Å². The van der Waals surface area contributed by atoms with E-state index in [4.69, 9.17) is 10.5 Å². The van der Waals surface area contributed by atoms with E-state index in [1.807, 2.05) is 0 Å². The van der Waals surface area contributed by atoms with Crippen LogP contribution in [0, 0.1) is 22.7 Å². The molecular weight excluding hydrogens is 146 g/mol. The SMILES string of the molecule is N#CC#N.[K+].[K+].[O-2]. The molecule has 5 heteroatoms. The van der Waals surface area contributed by atoms with E-state index in [-0.39, 0.29) is 108 Å². The second-order valence-electron chi connectivity index (χ2n) is 0.224. The molecule has 0 radical (unpaired) electrons. The van der Waals surface area contributed by atoms with E-state index in [9.17, 15) is 0 Å². The Balaban J connectivity index is -0.0000000150. The van der Waals surface area contributed by atoms with Crippen molar-refractivity contribution in [2.45, 2.75) is 0 Å². The number of hydrogen-bond donors (Lipinski definition) is 0. The molecule has 0 heterocycles. The summed E-state index contributed by atoms with van der Waals surface area (Å²) in [4.78, 5) is 0. The smallest absolute Gasteiger partial charge is 1.00 e. The molecule has 0 N–H and O–H groups in total. The van der Waals surface area contributed by atoms with Gasteiger partial charge in [-0.25, -0.2) is 0 Å². The van der Waals surface area contributed by atoms with Crippen molar-refractivity contribution < 1.29 is 108 Å². The maximum Gasteiger partial charge on any atom is 1.00 e. The van der Waals surface area contributed by atoms with Crippen molar-refractivity contribution in [1.82, 2.24) is 0 Å². The van der Waals surface area contributed by atoms with Crippen LogP contribution in [0.5, 0.6) is 0 Å². The molecule has 0 fully saturated rings. The molecule has 0 atom stereocenters. The summed E-state index contributed by atoms with van der Waals surface area (Å²) in [7, 11) is 0. The average molecular weight is 146 g/mol. The molecule has 7 heavy (non-hydrogen) atoms. The average Bonchev–Trinajstić information content (AvgIpc) is 1.37. The molecule has 0 aromatic heterocycles. The van der Waals surface area contributed by atoms with Crippen LogP contribution in [0.1, 0.15) is 0 Å². The molecule has 0 aliphatic rings. The number of rotatable bonds is 0. The van der Waals surface area contributed by atoms with Crippen LogP contribution < -0.4 is 103 Å². The Morgan fingerprint density at radius 2 is 1.00 bits per heavy atom. The van der Waals surface area contributed by atoms with Crippen LogP contribution in [0.3, 0.4) is 0 Å². The molecule has 0 aromatic rings. The van der Waals surface area contributed by atoms with E-state index in [0.717, 1.165) is 0 Å². The van der Waals surface area contributed by atoms with Crippen LogP contribution in [-0.4, -0.2) is 0 Å². The summed E-state index contributed by atoms with van der Waals surface area (Å²) in [6, 6.07) is 2.47. The summed E-state index contributed by atoms with van der Waals surface area (Å²) in [5.41, 5.74) is 0. The van der Waals surface area contributed by atoms with Gasteiger partial charge in [-0.15, -0.1) is 0 Å². The predicted octanol–water partition coefficient (Wildman–Crippen LogP) is -6.08. The van der Waals surface area contributed by atoms with Gasteiger partial charge in [0.1, 0.15) is 0 Å². The topological polar surface area (TPSA) is 76.1 Å². The summed E-state index contributed by atoms with van der Waals surface area (Å²) >= 11 is 0. The Kier molecular flexibility index (Phi) is 78.6. The first-order chi connectivity index (χ1) is 1.91. The van der Waals surface area contributed by atoms with Crippen molar-refractivity contribution in [3.8, 4) is 12.1 Å². The zero-order chi connectivity index (χ0) is 3.41. The number of nitrogens with zero attached hydrogens (tertiary/aromatic N) is 2. The third-order valence-corrected chi connectivity index (χ3v) is 0.0500. The van der Waals surface area contributed by atoms with Crippen LogP contribution in [0.25, 0.3) is 0 Å². The molecule has 0 aromatic carbocycles. The van der Waals surface area contributed by atoms with Gasteiger partial charge in [-0.2, -0.15) is 10.5 Å². The largest absolute Gasteiger partial charge is 2.00 e. The first-order valence-corrected chi connectivity index (χ1v) is 0.697. The molecule has 0 aliphatic heterocycles. The van der Waals surface area contributed by atoms with Gasteiger partial charge in [0.25, 0.3) is 0 Å². The molecule has 3 nitrogen and oxygen atoms in total. The zero-order valence-corrected chi connectivity index (χ0v) is 10.5. The van der Waals surface area contributed by atoms with Crippen molar-refractivity contribution in [1.29, 1.82) is 10.5 Å². The van der Waals surface area contributed by atoms with Gasteiger partial charge in [-0.3, -0.25) is 0 Å². The Bertz CT molecular complexity index is 68.7. The van der Waals surface area contributed by atoms with E-state index in [2.05, 4.69) is 0 Å². The maximum absolute atomic E-state index is 7.26. The minimum absolute atomic E-state index is 0. The normalized spacial score (nSPS) is 1.43. The van der Waals surface area contributed by atoms with Gasteiger partial charge in [0.15, 0.2) is 12.1 Å². The minimum Gasteiger partial charge on any atom is -2.00 e. The molecule has 0 amide bonds. The van der Waals surface area contributed by atoms with Crippen molar-refractivity contribution in [3.05, 3.63) is 0 Å². The molecular formula is C2K2N2O. The Morgan fingerprint density at radius 1 is 0.857 bits per heavy atom. The van der Waals surface area contributed by atoms with E-state index in [0.29, 0.717) is 0 Å². The van der Waals surface area contributed by atoms with Crippen molar-refractivity contribution >= 4 is 0 Å². The summed E-state index contributed by atoms with van der Waals surface area (Å²) < 4.78 is 0. The van der Waals surface area contributed by atoms with Gasteiger partial charge in [-0.1, -0.05) is 0 Å². The Labute approximate surface area is 127 Å². The van der Waals surface area contributed by atoms with Crippen molar-refractivity contribution in [3.63, 3.8) is 0 Å². The summed E-state index contributed by atoms with van der Waals surface area (Å²) in [6.07, 6.45) is 0. The van der Waals surface area contributed by atoms with Crippen LogP contribution >= 0.6 is 0 Å². The van der Waals surface area contributed by atoms with Crippen LogP contribution in [-0.2, 0) is 5.48 Å². The summed E-state index contributed by atoms with van der Waals surface area (Å²) in [5.74, 6) is 0. The van der Waals surface area contributed by atoms with E-state index < -0.39 is 0 Å². The zero-order valence-electron chi connectivity index (χ0n) is 4.30. The van der Waals surface area contributed by atoms with E-state index in [1.54, 1.807) is 0 Å². The first-order valence-electron chi connectivity index (χ1n) is 0.697. The van der Waals surface area contributed by atoms with E-state index in [1.165, 1.54) is 12.1 Å². The molecule has 0 unspecified atom stereocenters. The number of hydrogen-bond acceptors (Lipinski definition) is 2. The van der Waals surface area contributed by atoms with Gasteiger partial charge < -0.3 is 5.48 Å². The monoisotopic (exact) mass is 146 g/mol. The number of nitriles is 2. The summed E-state index contributed by atoms with van der Waals surface area (Å²) in [5, 5.41) is 14.5. The Hall–Kier alpha value is 2.21. The Morgan fingerprint density at radius 3 is 1.00 bits per heavy atom. The summed E-state index contributed by atoms with van der Waals surface area (Å²) in [6.45, 7) is 0. The van der Waals surface area contributed by atoms with Gasteiger partial charge in [0.05, 0.1) is 0 Å². The van der Waals surface area contributed by atoms with E-state index >= 15 is 0 Å². The fraction of sp³-hybridized carbons (Fsp3) is 0. The fourth-order valence-corrected chi connectivity index (χ4v) is 0. The molecule has 0 spiro atoms. The second kappa shape index (κ2) is 24.1. The third kappa shape index (κ3) is 30.7. The molecule has 0 rings (SSSR count). The first kappa shape index (κ1) is 22.9. The molecule has 0 saturated heterocycles. The second-order valence-corrected chi connectivity index (χ2v) is 0.224. The minimum atomic E-state index is 0. The molecule has 26 valence electrons. The van der Waals surface area contributed by atoms with Gasteiger partial charge in [0.2, 0.25) is 0 Å². The van der Waals surface area contributed by atoms with Gasteiger partial charge >= 0.3 is 103 Å².